The largest absolute Gasteiger partial charge is 0.447 e. The second-order valence-electron chi connectivity index (χ2n) is 10.6. The third kappa shape index (κ3) is 3.88. The van der Waals surface area contributed by atoms with Gasteiger partial charge in [-0.1, -0.05) is 31.0 Å². The van der Waals surface area contributed by atoms with Crippen LogP contribution in [0, 0.1) is 28.6 Å². The average molecular weight is 485 g/mol. The summed E-state index contributed by atoms with van der Waals surface area (Å²) in [5.74, 6) is 0.668. The maximum atomic E-state index is 13.3. The molecule has 7 nitrogen and oxygen atoms in total. The molecule has 186 valence electrons. The zero-order chi connectivity index (χ0) is 23.9. The molecule has 4 aliphatic carbocycles. The fraction of sp³-hybridized carbons (Fsp3) is 0.840. The Hall–Kier alpha value is -0.990. The third-order valence-corrected chi connectivity index (χ3v) is 9.44. The van der Waals surface area contributed by atoms with Gasteiger partial charge in [-0.15, -0.1) is 0 Å². The fourth-order valence-electron chi connectivity index (χ4n) is 7.91. The number of hydrogen-bond acceptors (Lipinski definition) is 7. The molecule has 0 aromatic carbocycles. The number of carbonyl (C=O) groups is 2. The minimum Gasteiger partial charge on any atom is -0.447 e. The normalized spacial score (nSPS) is 42.2. The van der Waals surface area contributed by atoms with E-state index in [1.165, 1.54) is 5.57 Å². The van der Waals surface area contributed by atoms with E-state index in [4.69, 9.17) is 35.3 Å². The lowest BCUT2D eigenvalue weighted by atomic mass is 9.45. The molecule has 0 saturated heterocycles. The van der Waals surface area contributed by atoms with Crippen LogP contribution in [0.5, 0.6) is 0 Å². The van der Waals surface area contributed by atoms with Gasteiger partial charge in [0.05, 0.1) is 6.10 Å². The number of alkyl halides is 1. The van der Waals surface area contributed by atoms with Gasteiger partial charge in [0.25, 0.3) is 0 Å². The second kappa shape index (κ2) is 9.57. The van der Waals surface area contributed by atoms with Crippen LogP contribution in [0.15, 0.2) is 11.6 Å². The summed E-state index contributed by atoms with van der Waals surface area (Å²) in [5.41, 5.74) is -0.472. The van der Waals surface area contributed by atoms with E-state index in [-0.39, 0.29) is 48.8 Å². The number of methoxy groups -OCH3 is 2. The highest BCUT2D eigenvalue weighted by Crippen LogP contribution is 2.68. The molecule has 3 saturated carbocycles. The number of ketones is 1. The van der Waals surface area contributed by atoms with E-state index in [1.54, 1.807) is 14.2 Å². The van der Waals surface area contributed by atoms with Gasteiger partial charge < -0.3 is 23.7 Å². The number of hydrogen-bond donors (Lipinski definition) is 0. The van der Waals surface area contributed by atoms with Crippen molar-refractivity contribution in [3.63, 3.8) is 0 Å². The maximum Gasteiger partial charge on any atom is 0.340 e. The topological polar surface area (TPSA) is 80.3 Å². The molecule has 7 atom stereocenters. The second-order valence-corrected chi connectivity index (χ2v) is 10.8. The first-order valence-corrected chi connectivity index (χ1v) is 12.5. The van der Waals surface area contributed by atoms with Gasteiger partial charge in [-0.3, -0.25) is 4.79 Å². The first-order chi connectivity index (χ1) is 15.8. The van der Waals surface area contributed by atoms with Crippen LogP contribution in [-0.2, 0) is 33.3 Å². The Morgan fingerprint density at radius 1 is 1.12 bits per heavy atom. The Morgan fingerprint density at radius 3 is 2.58 bits per heavy atom. The minimum absolute atomic E-state index is 0.00407. The number of halogens is 1. The van der Waals surface area contributed by atoms with Crippen LogP contribution in [0.3, 0.4) is 0 Å². The van der Waals surface area contributed by atoms with Gasteiger partial charge in [-0.2, -0.15) is 0 Å². The van der Waals surface area contributed by atoms with Crippen molar-refractivity contribution in [1.82, 2.24) is 0 Å². The maximum absolute atomic E-state index is 13.3. The van der Waals surface area contributed by atoms with Crippen molar-refractivity contribution < 1.29 is 33.3 Å². The summed E-state index contributed by atoms with van der Waals surface area (Å²) in [6.45, 7) is 4.64. The predicted octanol–water partition coefficient (Wildman–Crippen LogP) is 4.22. The van der Waals surface area contributed by atoms with Crippen LogP contribution in [-0.4, -0.2) is 57.3 Å². The van der Waals surface area contributed by atoms with Gasteiger partial charge in [0.1, 0.15) is 13.6 Å². The Labute approximate surface area is 201 Å². The molecule has 0 heterocycles. The quantitative estimate of drug-likeness (QED) is 0.290. The zero-order valence-corrected chi connectivity index (χ0v) is 20.9. The summed E-state index contributed by atoms with van der Waals surface area (Å²) in [4.78, 5) is 25.6. The van der Waals surface area contributed by atoms with Crippen molar-refractivity contribution in [2.24, 2.45) is 28.6 Å². The van der Waals surface area contributed by atoms with Gasteiger partial charge >= 0.3 is 5.97 Å². The Balaban J connectivity index is 1.76. The van der Waals surface area contributed by atoms with Crippen molar-refractivity contribution in [3.05, 3.63) is 11.6 Å². The van der Waals surface area contributed by atoms with Crippen LogP contribution in [0.1, 0.15) is 58.8 Å². The molecule has 4 rings (SSSR count). The minimum atomic E-state index is -1.14. The molecule has 0 amide bonds. The summed E-state index contributed by atoms with van der Waals surface area (Å²) in [6.07, 6.45) is 7.11. The standard InChI is InChI=1S/C25H37ClO7/c1-23-9-7-17(27)11-16(23)5-6-18-19-8-10-25(33-15-30-4,22(28)31-13-26)24(19,2)12-20(21(18)23)32-14-29-3/h11,18-21H,5-10,12-15H2,1-4H3/t18-,19-,20-,21+,23-,24-,25-/m0/s1. The lowest BCUT2D eigenvalue weighted by Gasteiger charge is -2.61. The van der Waals surface area contributed by atoms with E-state index in [0.717, 1.165) is 25.7 Å². The van der Waals surface area contributed by atoms with Gasteiger partial charge in [0, 0.05) is 26.1 Å². The van der Waals surface area contributed by atoms with Crippen molar-refractivity contribution in [2.45, 2.75) is 70.5 Å². The fourth-order valence-corrected chi connectivity index (χ4v) is 8.01. The lowest BCUT2D eigenvalue weighted by Crippen LogP contribution is -2.63. The lowest BCUT2D eigenvalue weighted by molar-refractivity contribution is -0.239. The van der Waals surface area contributed by atoms with E-state index in [0.29, 0.717) is 25.2 Å². The first-order valence-electron chi connectivity index (χ1n) is 12.0. The van der Waals surface area contributed by atoms with Gasteiger partial charge in [0.15, 0.2) is 17.5 Å². The summed E-state index contributed by atoms with van der Waals surface area (Å²) >= 11 is 5.80. The van der Waals surface area contributed by atoms with E-state index in [9.17, 15) is 9.59 Å². The molecule has 3 fully saturated rings. The molecule has 0 radical (unpaired) electrons. The van der Waals surface area contributed by atoms with E-state index >= 15 is 0 Å². The van der Waals surface area contributed by atoms with E-state index in [2.05, 4.69) is 13.8 Å². The number of rotatable bonds is 8. The molecule has 8 heteroatoms. The van der Waals surface area contributed by atoms with Crippen molar-refractivity contribution in [1.29, 1.82) is 0 Å². The molecule has 0 bridgehead atoms. The van der Waals surface area contributed by atoms with Crippen LogP contribution in [0.2, 0.25) is 0 Å². The SMILES string of the molecule is COCO[C@H]1C[C@@]2(C)[C@@H](CC[C@]2(OCOC)C(=O)OCCl)[C@@H]2CCC3=CC(=O)CC[C@]3(C)[C@H]21. The summed E-state index contributed by atoms with van der Waals surface area (Å²) in [5, 5.41) is 0. The molecule has 0 aliphatic heterocycles. The first kappa shape index (κ1) is 25.1. The van der Waals surface area contributed by atoms with Crippen LogP contribution in [0.25, 0.3) is 0 Å². The highest BCUT2D eigenvalue weighted by Gasteiger charge is 2.70. The predicted molar refractivity (Wildman–Crippen MR) is 121 cm³/mol. The number of ether oxygens (including phenoxy) is 5. The molecule has 33 heavy (non-hydrogen) atoms. The van der Waals surface area contributed by atoms with Crippen molar-refractivity contribution in [2.75, 3.05) is 33.9 Å². The number of allylic oxidation sites excluding steroid dienone is 1. The molecule has 0 spiro atoms. The Morgan fingerprint density at radius 2 is 1.88 bits per heavy atom. The van der Waals surface area contributed by atoms with Crippen LogP contribution < -0.4 is 0 Å². The Bertz CT molecular complexity index is 800. The molecule has 0 N–H and O–H groups in total. The highest BCUT2D eigenvalue weighted by atomic mass is 35.5. The summed E-state index contributed by atoms with van der Waals surface area (Å²) < 4.78 is 28.4. The van der Waals surface area contributed by atoms with Crippen LogP contribution in [0.4, 0.5) is 0 Å². The average Bonchev–Trinajstić information content (AvgIpc) is 3.09. The molecule has 4 aliphatic rings. The third-order valence-electron chi connectivity index (χ3n) is 9.33. The number of carbonyl (C=O) groups excluding carboxylic acids is 2. The van der Waals surface area contributed by atoms with E-state index in [1.807, 2.05) is 6.08 Å². The van der Waals surface area contributed by atoms with Crippen molar-refractivity contribution >= 4 is 23.4 Å². The highest BCUT2D eigenvalue weighted by molar-refractivity contribution is 6.17. The summed E-state index contributed by atoms with van der Waals surface area (Å²) in [6, 6.07) is -0.215. The number of esters is 1. The van der Waals surface area contributed by atoms with Gasteiger partial charge in [-0.25, -0.2) is 4.79 Å². The van der Waals surface area contributed by atoms with E-state index < -0.39 is 17.0 Å². The monoisotopic (exact) mass is 484 g/mol. The van der Waals surface area contributed by atoms with Crippen LogP contribution >= 0.6 is 11.6 Å². The van der Waals surface area contributed by atoms with Gasteiger partial charge in [0.2, 0.25) is 0 Å². The smallest absolute Gasteiger partial charge is 0.340 e. The van der Waals surface area contributed by atoms with Gasteiger partial charge in [-0.05, 0) is 67.8 Å². The molecular weight excluding hydrogens is 448 g/mol. The molecule has 0 aromatic heterocycles. The molecule has 0 aromatic rings. The Kier molecular flexibility index (Phi) is 7.29. The molecule has 0 unspecified atom stereocenters. The van der Waals surface area contributed by atoms with Crippen molar-refractivity contribution in [3.8, 4) is 0 Å². The summed E-state index contributed by atoms with van der Waals surface area (Å²) in [7, 11) is 3.17. The number of fused-ring (bicyclic) bond motifs is 5. The zero-order valence-electron chi connectivity index (χ0n) is 20.2. The molecular formula is C25H37ClO7.